The van der Waals surface area contributed by atoms with Crippen molar-refractivity contribution in [1.29, 1.82) is 0 Å². The van der Waals surface area contributed by atoms with Gasteiger partial charge < -0.3 is 19.0 Å². The fraction of sp³-hybridized carbons (Fsp3) is 0.435. The van der Waals surface area contributed by atoms with E-state index < -0.39 is 0 Å². The van der Waals surface area contributed by atoms with E-state index in [1.165, 1.54) is 0 Å². The first-order chi connectivity index (χ1) is 14.5. The van der Waals surface area contributed by atoms with Gasteiger partial charge in [0.05, 0.1) is 23.6 Å². The van der Waals surface area contributed by atoms with Crippen LogP contribution in [0.2, 0.25) is 0 Å². The zero-order valence-corrected chi connectivity index (χ0v) is 17.6. The first kappa shape index (κ1) is 19.1. The van der Waals surface area contributed by atoms with Crippen molar-refractivity contribution in [2.24, 2.45) is 0 Å². The lowest BCUT2D eigenvalue weighted by molar-refractivity contribution is 0.315. The quantitative estimate of drug-likeness (QED) is 0.644. The fourth-order valence-electron chi connectivity index (χ4n) is 4.32. The second-order valence-corrected chi connectivity index (χ2v) is 8.42. The van der Waals surface area contributed by atoms with E-state index in [1.807, 2.05) is 24.3 Å². The molecule has 7 nitrogen and oxygen atoms in total. The molecule has 5 rings (SSSR count). The van der Waals surface area contributed by atoms with E-state index in [-0.39, 0.29) is 5.63 Å². The standard InChI is InChI=1S/C23H26N4O3/c1-26(2)15-8-10-27(13-15)21-17(5-4-9-24-21)22-25-19-12-16(29-3)11-18(14-6-7-14)20(19)23(28)30-22/h4-5,9,11-12,14-15H,6-8,10,13H2,1-3H3/t15-/m1/s1. The van der Waals surface area contributed by atoms with E-state index in [1.54, 1.807) is 13.3 Å². The van der Waals surface area contributed by atoms with E-state index >= 15 is 0 Å². The lowest BCUT2D eigenvalue weighted by atomic mass is 10.0. The van der Waals surface area contributed by atoms with Gasteiger partial charge in [-0.25, -0.2) is 14.8 Å². The molecule has 2 fully saturated rings. The Kier molecular flexibility index (Phi) is 4.70. The maximum Gasteiger partial charge on any atom is 0.347 e. The van der Waals surface area contributed by atoms with Gasteiger partial charge in [0.15, 0.2) is 0 Å². The molecular formula is C23H26N4O3. The van der Waals surface area contributed by atoms with Gasteiger partial charge in [0.1, 0.15) is 11.6 Å². The molecular weight excluding hydrogens is 380 g/mol. The van der Waals surface area contributed by atoms with Gasteiger partial charge in [-0.3, -0.25) is 0 Å². The molecule has 1 aliphatic carbocycles. The number of aromatic nitrogens is 2. The predicted octanol–water partition coefficient (Wildman–Crippen LogP) is 3.28. The number of rotatable bonds is 5. The predicted molar refractivity (Wildman–Crippen MR) is 116 cm³/mol. The van der Waals surface area contributed by atoms with Gasteiger partial charge in [0.2, 0.25) is 5.89 Å². The van der Waals surface area contributed by atoms with Crippen LogP contribution in [0.1, 0.15) is 30.7 Å². The normalized spacial score (nSPS) is 19.1. The third-order valence-electron chi connectivity index (χ3n) is 6.20. The van der Waals surface area contributed by atoms with Crippen LogP contribution in [0, 0.1) is 0 Å². The lowest BCUT2D eigenvalue weighted by Crippen LogP contribution is -2.31. The highest BCUT2D eigenvalue weighted by atomic mass is 16.5. The number of benzene rings is 1. The molecule has 0 radical (unpaired) electrons. The third kappa shape index (κ3) is 3.33. The van der Waals surface area contributed by atoms with Crippen LogP contribution in [-0.4, -0.2) is 55.2 Å². The molecule has 156 valence electrons. The minimum Gasteiger partial charge on any atom is -0.497 e. The molecule has 1 saturated heterocycles. The van der Waals surface area contributed by atoms with Crippen molar-refractivity contribution < 1.29 is 9.15 Å². The summed E-state index contributed by atoms with van der Waals surface area (Å²) in [6.07, 6.45) is 5.01. The third-order valence-corrected chi connectivity index (χ3v) is 6.20. The SMILES string of the molecule is COc1cc(C2CC2)c2c(=O)oc(-c3cccnc3N3CC[C@@H](N(C)C)C3)nc2c1. The number of hydrogen-bond donors (Lipinski definition) is 0. The van der Waals surface area contributed by atoms with Crippen LogP contribution in [0.25, 0.3) is 22.4 Å². The molecule has 0 amide bonds. The number of ether oxygens (including phenoxy) is 1. The van der Waals surface area contributed by atoms with Crippen LogP contribution < -0.4 is 15.3 Å². The van der Waals surface area contributed by atoms with Crippen LogP contribution >= 0.6 is 0 Å². The molecule has 0 bridgehead atoms. The van der Waals surface area contributed by atoms with Crippen molar-refractivity contribution >= 4 is 16.7 Å². The Balaban J connectivity index is 1.62. The molecule has 2 aromatic heterocycles. The molecule has 0 spiro atoms. The molecule has 1 saturated carbocycles. The molecule has 7 heteroatoms. The molecule has 2 aliphatic rings. The van der Waals surface area contributed by atoms with E-state index in [0.717, 1.165) is 49.3 Å². The summed E-state index contributed by atoms with van der Waals surface area (Å²) >= 11 is 0. The zero-order valence-electron chi connectivity index (χ0n) is 17.6. The topological polar surface area (TPSA) is 71.7 Å². The Morgan fingerprint density at radius 3 is 2.77 bits per heavy atom. The van der Waals surface area contributed by atoms with Crippen LogP contribution in [0.5, 0.6) is 5.75 Å². The highest BCUT2D eigenvalue weighted by Gasteiger charge is 2.30. The Bertz CT molecular complexity index is 1150. The first-order valence-electron chi connectivity index (χ1n) is 10.4. The Morgan fingerprint density at radius 2 is 2.07 bits per heavy atom. The minimum atomic E-state index is -0.345. The lowest BCUT2D eigenvalue weighted by Gasteiger charge is -2.22. The van der Waals surface area contributed by atoms with Crippen LogP contribution in [-0.2, 0) is 0 Å². The number of likely N-dealkylation sites (N-methyl/N-ethyl adjacent to an activating group) is 1. The summed E-state index contributed by atoms with van der Waals surface area (Å²) in [6.45, 7) is 1.79. The maximum atomic E-state index is 13.0. The number of pyridine rings is 1. The monoisotopic (exact) mass is 406 g/mol. The average Bonchev–Trinajstić information content (AvgIpc) is 3.48. The molecule has 0 N–H and O–H groups in total. The van der Waals surface area contributed by atoms with Gasteiger partial charge >= 0.3 is 5.63 Å². The minimum absolute atomic E-state index is 0.305. The molecule has 1 aliphatic heterocycles. The molecule has 0 unspecified atom stereocenters. The van der Waals surface area contributed by atoms with Crippen molar-refractivity contribution in [3.63, 3.8) is 0 Å². The van der Waals surface area contributed by atoms with Crippen molar-refractivity contribution in [2.75, 3.05) is 39.2 Å². The summed E-state index contributed by atoms with van der Waals surface area (Å²) in [5.74, 6) is 2.22. The maximum absolute atomic E-state index is 13.0. The van der Waals surface area contributed by atoms with Crippen molar-refractivity contribution in [3.05, 3.63) is 46.4 Å². The first-order valence-corrected chi connectivity index (χ1v) is 10.4. The summed E-state index contributed by atoms with van der Waals surface area (Å²) in [6, 6.07) is 8.01. The fourth-order valence-corrected chi connectivity index (χ4v) is 4.32. The number of anilines is 1. The highest BCUT2D eigenvalue weighted by Crippen LogP contribution is 2.44. The van der Waals surface area contributed by atoms with Crippen LogP contribution in [0.4, 0.5) is 5.82 Å². The van der Waals surface area contributed by atoms with Crippen LogP contribution in [0.15, 0.2) is 39.7 Å². The summed E-state index contributed by atoms with van der Waals surface area (Å²) in [4.78, 5) is 26.9. The van der Waals surface area contributed by atoms with E-state index in [0.29, 0.717) is 34.5 Å². The Labute approximate surface area is 175 Å². The van der Waals surface area contributed by atoms with Crippen molar-refractivity contribution in [3.8, 4) is 17.2 Å². The summed E-state index contributed by atoms with van der Waals surface area (Å²) < 4.78 is 11.2. The van der Waals surface area contributed by atoms with Crippen LogP contribution in [0.3, 0.4) is 0 Å². The number of fused-ring (bicyclic) bond motifs is 1. The Hall–Kier alpha value is -2.93. The highest BCUT2D eigenvalue weighted by molar-refractivity contribution is 5.85. The molecule has 3 aromatic rings. The van der Waals surface area contributed by atoms with Gasteiger partial charge in [-0.15, -0.1) is 0 Å². The number of nitrogens with zero attached hydrogens (tertiary/aromatic N) is 4. The molecule has 1 aromatic carbocycles. The Morgan fingerprint density at radius 1 is 1.23 bits per heavy atom. The second-order valence-electron chi connectivity index (χ2n) is 8.42. The number of methoxy groups -OCH3 is 1. The van der Waals surface area contributed by atoms with E-state index in [2.05, 4.69) is 28.9 Å². The summed E-state index contributed by atoms with van der Waals surface area (Å²) in [7, 11) is 5.84. The summed E-state index contributed by atoms with van der Waals surface area (Å²) in [5.41, 5.74) is 2.00. The largest absolute Gasteiger partial charge is 0.497 e. The number of hydrogen-bond acceptors (Lipinski definition) is 7. The van der Waals surface area contributed by atoms with Crippen molar-refractivity contribution in [1.82, 2.24) is 14.9 Å². The van der Waals surface area contributed by atoms with E-state index in [9.17, 15) is 4.79 Å². The average molecular weight is 406 g/mol. The second kappa shape index (κ2) is 7.40. The molecule has 1 atom stereocenters. The van der Waals surface area contributed by atoms with Gasteiger partial charge in [-0.1, -0.05) is 0 Å². The molecule has 3 heterocycles. The van der Waals surface area contributed by atoms with E-state index in [4.69, 9.17) is 14.1 Å². The smallest absolute Gasteiger partial charge is 0.347 e. The van der Waals surface area contributed by atoms with Gasteiger partial charge in [-0.2, -0.15) is 0 Å². The summed E-state index contributed by atoms with van der Waals surface area (Å²) in [5, 5.41) is 0.571. The molecule has 30 heavy (non-hydrogen) atoms. The zero-order chi connectivity index (χ0) is 20.8. The van der Waals surface area contributed by atoms with Gasteiger partial charge in [-0.05, 0) is 63.0 Å². The van der Waals surface area contributed by atoms with Gasteiger partial charge in [0.25, 0.3) is 0 Å². The van der Waals surface area contributed by atoms with Gasteiger partial charge in [0, 0.05) is 31.4 Å². The van der Waals surface area contributed by atoms with Crippen molar-refractivity contribution in [2.45, 2.75) is 31.2 Å².